The molecule has 9 nitrogen and oxygen atoms in total. The van der Waals surface area contributed by atoms with Crippen LogP contribution in [0.5, 0.6) is 0 Å². The van der Waals surface area contributed by atoms with Gasteiger partial charge in [0.15, 0.2) is 0 Å². The number of likely N-dealkylation sites (tertiary alicyclic amines) is 1. The fourth-order valence-electron chi connectivity index (χ4n) is 4.77. The highest BCUT2D eigenvalue weighted by Crippen LogP contribution is 2.32. The van der Waals surface area contributed by atoms with E-state index in [9.17, 15) is 14.4 Å². The lowest BCUT2D eigenvalue weighted by Crippen LogP contribution is -2.41. The number of ether oxygens (including phenoxy) is 1. The zero-order valence-corrected chi connectivity index (χ0v) is 21.5. The molecule has 2 N–H and O–H groups in total. The van der Waals surface area contributed by atoms with Gasteiger partial charge < -0.3 is 19.9 Å². The van der Waals surface area contributed by atoms with E-state index < -0.39 is 5.60 Å². The van der Waals surface area contributed by atoms with E-state index in [2.05, 4.69) is 10.3 Å². The first-order valence-electron chi connectivity index (χ1n) is 12.5. The first kappa shape index (κ1) is 24.5. The summed E-state index contributed by atoms with van der Waals surface area (Å²) in [5.41, 5.74) is 3.39. The Balaban J connectivity index is 1.46. The van der Waals surface area contributed by atoms with Crippen LogP contribution in [0.25, 0.3) is 16.6 Å². The fraction of sp³-hybridized carbons (Fsp3) is 0.357. The summed E-state index contributed by atoms with van der Waals surface area (Å²) in [5.74, 6) is -0.191. The molecule has 1 aliphatic heterocycles. The lowest BCUT2D eigenvalue weighted by Gasteiger charge is -2.33. The Labute approximate surface area is 214 Å². The maximum absolute atomic E-state index is 12.9. The number of nitrogens with one attached hydrogen (secondary N) is 2. The molecule has 0 bridgehead atoms. The number of aromatic amines is 1. The number of carbonyl (C=O) groups is 2. The van der Waals surface area contributed by atoms with Crippen LogP contribution in [0.4, 0.5) is 10.5 Å². The molecular formula is C28H31N5O4. The number of carbonyl (C=O) groups excluding carboxylic acids is 2. The highest BCUT2D eigenvalue weighted by atomic mass is 16.6. The van der Waals surface area contributed by atoms with Crippen LogP contribution in [0.1, 0.15) is 61.1 Å². The van der Waals surface area contributed by atoms with Crippen LogP contribution in [0.15, 0.2) is 53.3 Å². The molecule has 0 radical (unpaired) electrons. The smallest absolute Gasteiger partial charge is 0.410 e. The van der Waals surface area contributed by atoms with E-state index in [1.807, 2.05) is 52.0 Å². The predicted octanol–water partition coefficient (Wildman–Crippen LogP) is 4.85. The van der Waals surface area contributed by atoms with Crippen molar-refractivity contribution >= 4 is 34.2 Å². The van der Waals surface area contributed by atoms with E-state index in [0.717, 1.165) is 11.3 Å². The van der Waals surface area contributed by atoms with Gasteiger partial charge in [0.2, 0.25) is 0 Å². The number of fused-ring (bicyclic) bond motifs is 3. The van der Waals surface area contributed by atoms with E-state index in [1.165, 1.54) is 0 Å². The topological polar surface area (TPSA) is 109 Å². The third kappa shape index (κ3) is 5.07. The van der Waals surface area contributed by atoms with E-state index >= 15 is 0 Å². The van der Waals surface area contributed by atoms with Crippen molar-refractivity contribution in [2.24, 2.45) is 0 Å². The van der Waals surface area contributed by atoms with Crippen molar-refractivity contribution in [1.29, 1.82) is 0 Å². The molecular weight excluding hydrogens is 470 g/mol. The Morgan fingerprint density at radius 1 is 1.08 bits per heavy atom. The molecule has 1 fully saturated rings. The monoisotopic (exact) mass is 501 g/mol. The summed E-state index contributed by atoms with van der Waals surface area (Å²) in [6, 6.07) is 14.4. The second kappa shape index (κ2) is 9.38. The number of aryl methyl sites for hydroxylation is 1. The van der Waals surface area contributed by atoms with Crippen molar-refractivity contribution in [3.05, 3.63) is 75.7 Å². The van der Waals surface area contributed by atoms with Gasteiger partial charge in [-0.05, 0) is 64.8 Å². The lowest BCUT2D eigenvalue weighted by atomic mass is 9.93. The summed E-state index contributed by atoms with van der Waals surface area (Å²) in [6.45, 7) is 8.59. The molecule has 37 heavy (non-hydrogen) atoms. The summed E-state index contributed by atoms with van der Waals surface area (Å²) in [4.78, 5) is 42.8. The molecule has 2 amide bonds. The van der Waals surface area contributed by atoms with Crippen LogP contribution < -0.4 is 10.9 Å². The van der Waals surface area contributed by atoms with Gasteiger partial charge in [-0.2, -0.15) is 5.10 Å². The van der Waals surface area contributed by atoms with Gasteiger partial charge in [-0.25, -0.2) is 9.31 Å². The van der Waals surface area contributed by atoms with Crippen LogP contribution in [0.3, 0.4) is 0 Å². The van der Waals surface area contributed by atoms with Gasteiger partial charge in [0.1, 0.15) is 11.2 Å². The molecule has 192 valence electrons. The quantitative estimate of drug-likeness (QED) is 0.417. The van der Waals surface area contributed by atoms with Crippen LogP contribution in [-0.4, -0.2) is 50.2 Å². The van der Waals surface area contributed by atoms with Gasteiger partial charge in [0, 0.05) is 30.6 Å². The highest BCUT2D eigenvalue weighted by Gasteiger charge is 2.29. The Hall–Kier alpha value is -4.14. The zero-order chi connectivity index (χ0) is 26.3. The SMILES string of the molecule is Cc1ccc(C(=O)Nc2cccc3nn4c(C5CCN(C(=O)OC(C)(C)C)CC5)cc(=O)[nH]c4c23)cc1. The Morgan fingerprint density at radius 3 is 2.46 bits per heavy atom. The molecule has 4 aromatic rings. The van der Waals surface area contributed by atoms with Crippen LogP contribution >= 0.6 is 0 Å². The highest BCUT2D eigenvalue weighted by molar-refractivity contribution is 6.11. The molecule has 2 aromatic heterocycles. The Bertz CT molecular complexity index is 1540. The summed E-state index contributed by atoms with van der Waals surface area (Å²) >= 11 is 0. The van der Waals surface area contributed by atoms with Crippen molar-refractivity contribution in [3.8, 4) is 0 Å². The number of piperidine rings is 1. The summed E-state index contributed by atoms with van der Waals surface area (Å²) in [7, 11) is 0. The number of rotatable bonds is 3. The molecule has 0 atom stereocenters. The molecule has 0 unspecified atom stereocenters. The first-order valence-corrected chi connectivity index (χ1v) is 12.5. The maximum atomic E-state index is 12.9. The van der Waals surface area contributed by atoms with E-state index in [0.29, 0.717) is 53.7 Å². The largest absolute Gasteiger partial charge is 0.444 e. The van der Waals surface area contributed by atoms with E-state index in [-0.39, 0.29) is 23.5 Å². The molecule has 0 spiro atoms. The van der Waals surface area contributed by atoms with Crippen molar-refractivity contribution in [3.63, 3.8) is 0 Å². The minimum atomic E-state index is -0.547. The molecule has 2 aromatic carbocycles. The minimum Gasteiger partial charge on any atom is -0.444 e. The van der Waals surface area contributed by atoms with Gasteiger partial charge in [0.25, 0.3) is 11.5 Å². The number of aromatic nitrogens is 3. The molecule has 1 saturated heterocycles. The van der Waals surface area contributed by atoms with Gasteiger partial charge >= 0.3 is 6.09 Å². The van der Waals surface area contributed by atoms with Crippen molar-refractivity contribution in [2.75, 3.05) is 18.4 Å². The molecule has 3 heterocycles. The third-order valence-corrected chi connectivity index (χ3v) is 6.59. The number of H-pyrrole nitrogens is 1. The fourth-order valence-corrected chi connectivity index (χ4v) is 4.77. The molecule has 9 heteroatoms. The van der Waals surface area contributed by atoms with Crippen molar-refractivity contribution in [1.82, 2.24) is 19.5 Å². The molecule has 5 rings (SSSR count). The average Bonchev–Trinajstić information content (AvgIpc) is 3.22. The second-order valence-corrected chi connectivity index (χ2v) is 10.6. The second-order valence-electron chi connectivity index (χ2n) is 10.6. The van der Waals surface area contributed by atoms with E-state index in [4.69, 9.17) is 9.84 Å². The van der Waals surface area contributed by atoms with Crippen molar-refractivity contribution < 1.29 is 14.3 Å². The number of hydrogen-bond acceptors (Lipinski definition) is 5. The first-order chi connectivity index (χ1) is 17.6. The van der Waals surface area contributed by atoms with Crippen LogP contribution in [0.2, 0.25) is 0 Å². The number of anilines is 1. The maximum Gasteiger partial charge on any atom is 0.410 e. The number of benzene rings is 2. The Morgan fingerprint density at radius 2 is 1.78 bits per heavy atom. The molecule has 0 saturated carbocycles. The third-order valence-electron chi connectivity index (χ3n) is 6.59. The standard InChI is InChI=1S/C28H31N5O4/c1-17-8-10-19(11-9-17)26(35)29-20-6-5-7-21-24(20)25-30-23(34)16-22(33(25)31-21)18-12-14-32(15-13-18)27(36)37-28(2,3)4/h5-11,16,18H,12-15H2,1-4H3,(H,29,35)(H,30,34). The molecule has 0 aliphatic carbocycles. The summed E-state index contributed by atoms with van der Waals surface area (Å²) in [6.07, 6.45) is 1.05. The summed E-state index contributed by atoms with van der Waals surface area (Å²) in [5, 5.41) is 8.43. The van der Waals surface area contributed by atoms with Gasteiger partial charge in [-0.15, -0.1) is 0 Å². The van der Waals surface area contributed by atoms with Gasteiger partial charge in [-0.3, -0.25) is 9.59 Å². The Kier molecular flexibility index (Phi) is 6.23. The van der Waals surface area contributed by atoms with Crippen LogP contribution in [-0.2, 0) is 4.74 Å². The number of amides is 2. The normalized spacial score (nSPS) is 14.8. The number of hydrogen-bond donors (Lipinski definition) is 2. The van der Waals surface area contributed by atoms with Gasteiger partial charge in [-0.1, -0.05) is 23.8 Å². The lowest BCUT2D eigenvalue weighted by molar-refractivity contribution is 0.0203. The number of nitrogens with zero attached hydrogens (tertiary/aromatic N) is 3. The summed E-state index contributed by atoms with van der Waals surface area (Å²) < 4.78 is 7.28. The van der Waals surface area contributed by atoms with E-state index in [1.54, 1.807) is 33.7 Å². The van der Waals surface area contributed by atoms with Crippen molar-refractivity contribution in [2.45, 2.75) is 52.1 Å². The van der Waals surface area contributed by atoms with Crippen LogP contribution in [0, 0.1) is 6.92 Å². The minimum absolute atomic E-state index is 0.0448. The molecule has 1 aliphatic rings. The predicted molar refractivity (Wildman–Crippen MR) is 142 cm³/mol. The van der Waals surface area contributed by atoms with Gasteiger partial charge in [0.05, 0.1) is 22.3 Å². The average molecular weight is 502 g/mol. The zero-order valence-electron chi connectivity index (χ0n) is 21.5.